The molecule has 9 heteroatoms. The molecule has 0 aliphatic rings. The largest absolute Gasteiger partial charge is 0.492 e. The van der Waals surface area contributed by atoms with Crippen LogP contribution in [0.3, 0.4) is 0 Å². The van der Waals surface area contributed by atoms with Gasteiger partial charge in [-0.2, -0.15) is 0 Å². The highest BCUT2D eigenvalue weighted by Crippen LogP contribution is 2.30. The van der Waals surface area contributed by atoms with Gasteiger partial charge in [-0.15, -0.1) is 0 Å². The zero-order chi connectivity index (χ0) is 23.1. The van der Waals surface area contributed by atoms with E-state index in [1.165, 1.54) is 19.1 Å². The lowest BCUT2D eigenvalue weighted by Crippen LogP contribution is -2.46. The van der Waals surface area contributed by atoms with Crippen LogP contribution < -0.4 is 20.1 Å². The maximum atomic E-state index is 13.4. The van der Waals surface area contributed by atoms with E-state index in [4.69, 9.17) is 10.5 Å². The first-order valence-corrected chi connectivity index (χ1v) is 11.5. The minimum absolute atomic E-state index is 0.0682. The van der Waals surface area contributed by atoms with Gasteiger partial charge in [-0.05, 0) is 55.8 Å². The molecule has 0 saturated carbocycles. The number of nitrogens with zero attached hydrogens (tertiary/aromatic N) is 2. The van der Waals surface area contributed by atoms with Gasteiger partial charge >= 0.3 is 0 Å². The van der Waals surface area contributed by atoms with Crippen LogP contribution in [0, 0.1) is 6.92 Å². The van der Waals surface area contributed by atoms with E-state index in [1.807, 2.05) is 19.1 Å². The number of aromatic nitrogens is 1. The lowest BCUT2D eigenvalue weighted by Gasteiger charge is -2.29. The van der Waals surface area contributed by atoms with E-state index in [2.05, 4.69) is 10.3 Å². The number of hydrogen-bond acceptors (Lipinski definition) is 6. The van der Waals surface area contributed by atoms with Crippen molar-refractivity contribution >= 4 is 27.3 Å². The van der Waals surface area contributed by atoms with Crippen molar-refractivity contribution < 1.29 is 17.9 Å². The Kier molecular flexibility index (Phi) is 7.32. The number of primary amides is 1. The number of benzene rings is 2. The zero-order valence-corrected chi connectivity index (χ0v) is 18.7. The second kappa shape index (κ2) is 10.1. The fourth-order valence-corrected chi connectivity index (χ4v) is 4.80. The van der Waals surface area contributed by atoms with Crippen LogP contribution in [0.25, 0.3) is 0 Å². The number of pyridine rings is 1. The summed E-state index contributed by atoms with van der Waals surface area (Å²) in [6, 6.07) is 15.6. The molecule has 1 unspecified atom stereocenters. The molecule has 0 spiro atoms. The number of anilines is 2. The summed E-state index contributed by atoms with van der Waals surface area (Å²) < 4.78 is 33.6. The van der Waals surface area contributed by atoms with E-state index in [0.29, 0.717) is 24.6 Å². The first-order chi connectivity index (χ1) is 15.3. The molecule has 0 aliphatic heterocycles. The Morgan fingerprint density at radius 2 is 1.81 bits per heavy atom. The molecule has 1 heterocycles. The SMILES string of the molecule is Cc1cc(OCCNc2ccncc2)cc(N(C(C)C(N)=O)S(=O)(=O)c2ccccc2)c1. The lowest BCUT2D eigenvalue weighted by atomic mass is 10.2. The molecule has 3 aromatic rings. The first-order valence-electron chi connectivity index (χ1n) is 10.1. The van der Waals surface area contributed by atoms with E-state index in [9.17, 15) is 13.2 Å². The predicted octanol–water partition coefficient (Wildman–Crippen LogP) is 2.95. The van der Waals surface area contributed by atoms with Crippen LogP contribution in [-0.2, 0) is 14.8 Å². The highest BCUT2D eigenvalue weighted by atomic mass is 32.2. The van der Waals surface area contributed by atoms with Gasteiger partial charge in [0, 0.05) is 30.7 Å². The molecule has 1 atom stereocenters. The van der Waals surface area contributed by atoms with Gasteiger partial charge in [0.1, 0.15) is 18.4 Å². The van der Waals surface area contributed by atoms with Crippen molar-refractivity contribution in [2.45, 2.75) is 24.8 Å². The minimum atomic E-state index is -4.03. The van der Waals surface area contributed by atoms with Crippen LogP contribution in [0.2, 0.25) is 0 Å². The average Bonchev–Trinajstić information content (AvgIpc) is 2.77. The quantitative estimate of drug-likeness (QED) is 0.455. The third kappa shape index (κ3) is 5.55. The van der Waals surface area contributed by atoms with Crippen LogP contribution in [0.4, 0.5) is 11.4 Å². The van der Waals surface area contributed by atoms with E-state index < -0.39 is 22.0 Å². The van der Waals surface area contributed by atoms with E-state index >= 15 is 0 Å². The van der Waals surface area contributed by atoms with E-state index in [1.54, 1.807) is 48.8 Å². The summed E-state index contributed by atoms with van der Waals surface area (Å²) in [6.45, 7) is 4.18. The fourth-order valence-electron chi connectivity index (χ4n) is 3.17. The highest BCUT2D eigenvalue weighted by Gasteiger charge is 2.32. The maximum Gasteiger partial charge on any atom is 0.265 e. The molecule has 2 aromatic carbocycles. The Balaban J connectivity index is 1.85. The Morgan fingerprint density at radius 3 is 2.47 bits per heavy atom. The van der Waals surface area contributed by atoms with Crippen molar-refractivity contribution in [3.8, 4) is 5.75 Å². The third-order valence-corrected chi connectivity index (χ3v) is 6.65. The van der Waals surface area contributed by atoms with Gasteiger partial charge in [-0.1, -0.05) is 18.2 Å². The van der Waals surface area contributed by atoms with Crippen LogP contribution in [0.15, 0.2) is 78.0 Å². The van der Waals surface area contributed by atoms with Crippen LogP contribution in [-0.4, -0.2) is 38.5 Å². The first kappa shape index (κ1) is 23.1. The van der Waals surface area contributed by atoms with Crippen molar-refractivity contribution in [2.75, 3.05) is 22.8 Å². The Hall–Kier alpha value is -3.59. The minimum Gasteiger partial charge on any atom is -0.492 e. The number of carbonyl (C=O) groups is 1. The van der Waals surface area contributed by atoms with Crippen molar-refractivity contribution in [1.29, 1.82) is 0 Å². The number of hydrogen-bond donors (Lipinski definition) is 2. The van der Waals surface area contributed by atoms with Gasteiger partial charge in [0.25, 0.3) is 10.0 Å². The molecule has 0 aliphatic carbocycles. The van der Waals surface area contributed by atoms with Gasteiger partial charge in [0.2, 0.25) is 5.91 Å². The summed E-state index contributed by atoms with van der Waals surface area (Å²) in [4.78, 5) is 16.0. The van der Waals surface area contributed by atoms with Gasteiger partial charge in [0.15, 0.2) is 0 Å². The number of nitrogens with one attached hydrogen (secondary N) is 1. The monoisotopic (exact) mass is 454 g/mol. The van der Waals surface area contributed by atoms with Crippen molar-refractivity contribution in [1.82, 2.24) is 4.98 Å². The summed E-state index contributed by atoms with van der Waals surface area (Å²) in [5, 5.41) is 3.21. The highest BCUT2D eigenvalue weighted by molar-refractivity contribution is 7.93. The molecule has 8 nitrogen and oxygen atoms in total. The number of carbonyl (C=O) groups excluding carboxylic acids is 1. The molecular weight excluding hydrogens is 428 g/mol. The second-order valence-corrected chi connectivity index (χ2v) is 9.02. The lowest BCUT2D eigenvalue weighted by molar-refractivity contribution is -0.118. The molecule has 168 valence electrons. The Bertz CT molecular complexity index is 1160. The van der Waals surface area contributed by atoms with Crippen LogP contribution >= 0.6 is 0 Å². The van der Waals surface area contributed by atoms with Gasteiger partial charge in [0.05, 0.1) is 10.6 Å². The zero-order valence-electron chi connectivity index (χ0n) is 17.9. The second-order valence-electron chi connectivity index (χ2n) is 7.21. The van der Waals surface area contributed by atoms with Crippen molar-refractivity contribution in [2.24, 2.45) is 5.73 Å². The van der Waals surface area contributed by atoms with Gasteiger partial charge in [-0.25, -0.2) is 8.42 Å². The molecule has 1 amide bonds. The smallest absolute Gasteiger partial charge is 0.265 e. The molecule has 3 rings (SSSR count). The Labute approximate surface area is 188 Å². The number of rotatable bonds is 10. The van der Waals surface area contributed by atoms with Crippen molar-refractivity contribution in [3.63, 3.8) is 0 Å². The van der Waals surface area contributed by atoms with Gasteiger partial charge < -0.3 is 15.8 Å². The summed E-state index contributed by atoms with van der Waals surface area (Å²) >= 11 is 0. The van der Waals surface area contributed by atoms with E-state index in [-0.39, 0.29) is 4.90 Å². The summed E-state index contributed by atoms with van der Waals surface area (Å²) in [5.74, 6) is -0.267. The molecule has 0 fully saturated rings. The molecule has 1 aromatic heterocycles. The Morgan fingerprint density at radius 1 is 1.12 bits per heavy atom. The molecule has 3 N–H and O–H groups in total. The molecular formula is C23H26N4O4S. The number of amides is 1. The standard InChI is InChI=1S/C23H26N4O4S/c1-17-14-20(16-21(15-17)31-13-12-26-19-8-10-25-11-9-19)27(18(2)23(24)28)32(29,30)22-6-4-3-5-7-22/h3-11,14-16,18H,12-13H2,1-2H3,(H2,24,28)(H,25,26). The van der Waals surface area contributed by atoms with Crippen LogP contribution in [0.5, 0.6) is 5.75 Å². The molecule has 32 heavy (non-hydrogen) atoms. The van der Waals surface area contributed by atoms with Crippen molar-refractivity contribution in [3.05, 3.63) is 78.6 Å². The fraction of sp³-hybridized carbons (Fsp3) is 0.217. The summed E-state index contributed by atoms with van der Waals surface area (Å²) in [7, 11) is -4.03. The summed E-state index contributed by atoms with van der Waals surface area (Å²) in [6.07, 6.45) is 3.38. The maximum absolute atomic E-state index is 13.4. The molecule has 0 saturated heterocycles. The molecule has 0 radical (unpaired) electrons. The third-order valence-electron chi connectivity index (χ3n) is 4.73. The summed E-state index contributed by atoms with van der Waals surface area (Å²) in [5.41, 5.74) is 7.49. The number of nitrogens with two attached hydrogens (primary N) is 1. The topological polar surface area (TPSA) is 115 Å². The number of sulfonamides is 1. The number of ether oxygens (including phenoxy) is 1. The molecule has 0 bridgehead atoms. The number of aryl methyl sites for hydroxylation is 1. The van der Waals surface area contributed by atoms with E-state index in [0.717, 1.165) is 15.6 Å². The predicted molar refractivity (Wildman–Crippen MR) is 124 cm³/mol. The average molecular weight is 455 g/mol. The van der Waals surface area contributed by atoms with Crippen LogP contribution in [0.1, 0.15) is 12.5 Å². The normalized spacial score (nSPS) is 12.1. The van der Waals surface area contributed by atoms with Gasteiger partial charge in [-0.3, -0.25) is 14.1 Å².